The standard InChI is InChI=1S/C13H22N2O2/c1-10-6-11(16)15(12(17)7-10)9-13(2)4-3-5-14-8-13/h10,14H,3-9H2,1-2H3. The Bertz CT molecular complexity index is 303. The van der Waals surface area contributed by atoms with E-state index in [2.05, 4.69) is 12.2 Å². The normalized spacial score (nSPS) is 32.0. The molecule has 2 saturated heterocycles. The van der Waals surface area contributed by atoms with Gasteiger partial charge in [-0.1, -0.05) is 13.8 Å². The molecular weight excluding hydrogens is 216 g/mol. The van der Waals surface area contributed by atoms with Gasteiger partial charge in [0.15, 0.2) is 0 Å². The Morgan fingerprint density at radius 3 is 2.53 bits per heavy atom. The molecule has 2 aliphatic rings. The summed E-state index contributed by atoms with van der Waals surface area (Å²) in [5, 5.41) is 3.35. The van der Waals surface area contributed by atoms with Gasteiger partial charge in [0.05, 0.1) is 0 Å². The van der Waals surface area contributed by atoms with Crippen molar-refractivity contribution < 1.29 is 9.59 Å². The molecule has 0 radical (unpaired) electrons. The Morgan fingerprint density at radius 1 is 1.35 bits per heavy atom. The highest BCUT2D eigenvalue weighted by molar-refractivity contribution is 5.97. The number of nitrogens with zero attached hydrogens (tertiary/aromatic N) is 1. The summed E-state index contributed by atoms with van der Waals surface area (Å²) in [6.07, 6.45) is 3.26. The molecule has 0 aliphatic carbocycles. The van der Waals surface area contributed by atoms with Crippen molar-refractivity contribution in [2.75, 3.05) is 19.6 Å². The molecule has 0 saturated carbocycles. The van der Waals surface area contributed by atoms with Gasteiger partial charge in [0.25, 0.3) is 0 Å². The van der Waals surface area contributed by atoms with E-state index in [0.29, 0.717) is 19.4 Å². The molecule has 1 N–H and O–H groups in total. The fourth-order valence-electron chi connectivity index (χ4n) is 2.84. The molecule has 0 aromatic heterocycles. The van der Waals surface area contributed by atoms with E-state index < -0.39 is 0 Å². The quantitative estimate of drug-likeness (QED) is 0.734. The molecule has 17 heavy (non-hydrogen) atoms. The molecule has 2 fully saturated rings. The van der Waals surface area contributed by atoms with Crippen molar-refractivity contribution in [2.24, 2.45) is 11.3 Å². The van der Waals surface area contributed by atoms with Crippen molar-refractivity contribution in [3.63, 3.8) is 0 Å². The maximum absolute atomic E-state index is 11.9. The van der Waals surface area contributed by atoms with Gasteiger partial charge in [0.2, 0.25) is 11.8 Å². The SMILES string of the molecule is CC1CC(=O)N(CC2(C)CCCNC2)C(=O)C1. The number of hydrogen-bond acceptors (Lipinski definition) is 3. The van der Waals surface area contributed by atoms with Gasteiger partial charge >= 0.3 is 0 Å². The third kappa shape index (κ3) is 2.86. The monoisotopic (exact) mass is 238 g/mol. The van der Waals surface area contributed by atoms with E-state index in [1.165, 1.54) is 4.90 Å². The number of amides is 2. The minimum absolute atomic E-state index is 0.0144. The van der Waals surface area contributed by atoms with E-state index in [-0.39, 0.29) is 23.1 Å². The van der Waals surface area contributed by atoms with E-state index in [1.807, 2.05) is 6.92 Å². The topological polar surface area (TPSA) is 49.4 Å². The third-order valence-corrected chi connectivity index (χ3v) is 3.87. The largest absolute Gasteiger partial charge is 0.316 e. The summed E-state index contributed by atoms with van der Waals surface area (Å²) in [5.74, 6) is 0.240. The van der Waals surface area contributed by atoms with Gasteiger partial charge in [-0.15, -0.1) is 0 Å². The van der Waals surface area contributed by atoms with Crippen LogP contribution >= 0.6 is 0 Å². The lowest BCUT2D eigenvalue weighted by molar-refractivity contribution is -0.151. The molecule has 0 bridgehead atoms. The molecule has 0 aromatic carbocycles. The van der Waals surface area contributed by atoms with Crippen molar-refractivity contribution in [3.05, 3.63) is 0 Å². The number of piperidine rings is 2. The van der Waals surface area contributed by atoms with Crippen LogP contribution in [0.1, 0.15) is 39.5 Å². The first-order valence-electron chi connectivity index (χ1n) is 6.54. The Labute approximate surface area is 103 Å². The first-order valence-corrected chi connectivity index (χ1v) is 6.54. The molecule has 96 valence electrons. The molecule has 1 unspecified atom stereocenters. The number of likely N-dealkylation sites (tertiary alicyclic amines) is 1. The van der Waals surface area contributed by atoms with Crippen LogP contribution in [0.5, 0.6) is 0 Å². The van der Waals surface area contributed by atoms with Gasteiger partial charge in [-0.25, -0.2) is 0 Å². The van der Waals surface area contributed by atoms with Crippen LogP contribution in [-0.4, -0.2) is 36.3 Å². The highest BCUT2D eigenvalue weighted by Gasteiger charge is 2.36. The van der Waals surface area contributed by atoms with Crippen LogP contribution in [0.15, 0.2) is 0 Å². The van der Waals surface area contributed by atoms with Crippen LogP contribution in [-0.2, 0) is 9.59 Å². The number of carbonyl (C=O) groups excluding carboxylic acids is 2. The van der Waals surface area contributed by atoms with E-state index in [4.69, 9.17) is 0 Å². The number of nitrogens with one attached hydrogen (secondary N) is 1. The average Bonchev–Trinajstić information content (AvgIpc) is 2.24. The summed E-state index contributed by atoms with van der Waals surface area (Å²) < 4.78 is 0. The maximum Gasteiger partial charge on any atom is 0.229 e. The van der Waals surface area contributed by atoms with Crippen molar-refractivity contribution in [3.8, 4) is 0 Å². The zero-order valence-electron chi connectivity index (χ0n) is 10.8. The first kappa shape index (κ1) is 12.6. The van der Waals surface area contributed by atoms with Gasteiger partial charge in [-0.3, -0.25) is 14.5 Å². The number of rotatable bonds is 2. The Balaban J connectivity index is 2.01. The second-order valence-electron chi connectivity index (χ2n) is 5.98. The molecule has 0 aromatic rings. The fourth-order valence-corrected chi connectivity index (χ4v) is 2.84. The maximum atomic E-state index is 11.9. The summed E-state index contributed by atoms with van der Waals surface area (Å²) in [4.78, 5) is 25.3. The van der Waals surface area contributed by atoms with Crippen LogP contribution in [0.4, 0.5) is 0 Å². The average molecular weight is 238 g/mol. The van der Waals surface area contributed by atoms with Gasteiger partial charge in [-0.05, 0) is 30.7 Å². The molecule has 2 rings (SSSR count). The van der Waals surface area contributed by atoms with Gasteiger partial charge in [0.1, 0.15) is 0 Å². The Morgan fingerprint density at radius 2 is 2.00 bits per heavy atom. The number of imide groups is 1. The van der Waals surface area contributed by atoms with Gasteiger partial charge < -0.3 is 5.32 Å². The lowest BCUT2D eigenvalue weighted by Gasteiger charge is -2.39. The smallest absolute Gasteiger partial charge is 0.229 e. The predicted octanol–water partition coefficient (Wildman–Crippen LogP) is 1.16. The molecule has 0 spiro atoms. The van der Waals surface area contributed by atoms with Crippen LogP contribution in [0.3, 0.4) is 0 Å². The van der Waals surface area contributed by atoms with E-state index >= 15 is 0 Å². The minimum atomic E-state index is 0.0144. The molecular formula is C13H22N2O2. The van der Waals surface area contributed by atoms with E-state index in [0.717, 1.165) is 25.9 Å². The summed E-state index contributed by atoms with van der Waals surface area (Å²) in [7, 11) is 0. The van der Waals surface area contributed by atoms with E-state index in [1.54, 1.807) is 0 Å². The number of hydrogen-bond donors (Lipinski definition) is 1. The second-order valence-corrected chi connectivity index (χ2v) is 5.98. The molecule has 2 aliphatic heterocycles. The third-order valence-electron chi connectivity index (χ3n) is 3.87. The van der Waals surface area contributed by atoms with Crippen molar-refractivity contribution >= 4 is 11.8 Å². The fraction of sp³-hybridized carbons (Fsp3) is 0.846. The van der Waals surface area contributed by atoms with Crippen LogP contribution in [0.2, 0.25) is 0 Å². The minimum Gasteiger partial charge on any atom is -0.316 e. The second kappa shape index (κ2) is 4.77. The summed E-state index contributed by atoms with van der Waals surface area (Å²) >= 11 is 0. The molecule has 2 heterocycles. The van der Waals surface area contributed by atoms with Gasteiger partial charge in [-0.2, -0.15) is 0 Å². The first-order chi connectivity index (χ1) is 8.00. The lowest BCUT2D eigenvalue weighted by atomic mass is 9.81. The van der Waals surface area contributed by atoms with Crippen LogP contribution < -0.4 is 5.32 Å². The highest BCUT2D eigenvalue weighted by Crippen LogP contribution is 2.29. The molecule has 1 atom stereocenters. The number of carbonyl (C=O) groups is 2. The van der Waals surface area contributed by atoms with Crippen molar-refractivity contribution in [1.82, 2.24) is 10.2 Å². The zero-order chi connectivity index (χ0) is 12.5. The van der Waals surface area contributed by atoms with Crippen molar-refractivity contribution in [1.29, 1.82) is 0 Å². The van der Waals surface area contributed by atoms with Crippen molar-refractivity contribution in [2.45, 2.75) is 39.5 Å². The highest BCUT2D eigenvalue weighted by atomic mass is 16.2. The van der Waals surface area contributed by atoms with E-state index in [9.17, 15) is 9.59 Å². The zero-order valence-corrected chi connectivity index (χ0v) is 10.8. The van der Waals surface area contributed by atoms with Gasteiger partial charge in [0, 0.05) is 25.9 Å². The van der Waals surface area contributed by atoms with Crippen LogP contribution in [0.25, 0.3) is 0 Å². The Kier molecular flexibility index (Phi) is 3.52. The summed E-state index contributed by atoms with van der Waals surface area (Å²) in [5.41, 5.74) is 0.0597. The summed E-state index contributed by atoms with van der Waals surface area (Å²) in [6.45, 7) is 6.67. The van der Waals surface area contributed by atoms with Crippen LogP contribution in [0, 0.1) is 11.3 Å². The predicted molar refractivity (Wildman–Crippen MR) is 65.3 cm³/mol. The summed E-state index contributed by atoms with van der Waals surface area (Å²) in [6, 6.07) is 0. The molecule has 2 amide bonds. The lowest BCUT2D eigenvalue weighted by Crippen LogP contribution is -2.51. The molecule has 4 heteroatoms. The Hall–Kier alpha value is -0.900. The molecule has 4 nitrogen and oxygen atoms in total.